The molecule has 0 spiro atoms. The zero-order chi connectivity index (χ0) is 13.4. The Hall–Kier alpha value is -2.27. The second-order valence-electron chi connectivity index (χ2n) is 4.85. The maximum absolute atomic E-state index is 7.24. The SMILES string of the molecule is [C-]#[N+]c1cc2c(c(-c3ccccc3C)c1)OC([CH2])C2. The summed E-state index contributed by atoms with van der Waals surface area (Å²) in [6, 6.07) is 12.0. The van der Waals surface area contributed by atoms with Gasteiger partial charge in [-0.05, 0) is 42.7 Å². The van der Waals surface area contributed by atoms with Crippen molar-refractivity contribution in [2.75, 3.05) is 0 Å². The first kappa shape index (κ1) is 11.8. The van der Waals surface area contributed by atoms with Crippen LogP contribution in [-0.4, -0.2) is 6.10 Å². The van der Waals surface area contributed by atoms with E-state index in [1.807, 2.05) is 24.3 Å². The van der Waals surface area contributed by atoms with Crippen LogP contribution in [0.5, 0.6) is 5.75 Å². The summed E-state index contributed by atoms with van der Waals surface area (Å²) < 4.78 is 5.83. The fourth-order valence-electron chi connectivity index (χ4n) is 2.56. The van der Waals surface area contributed by atoms with Crippen LogP contribution in [0.15, 0.2) is 36.4 Å². The van der Waals surface area contributed by atoms with Crippen molar-refractivity contribution in [3.63, 3.8) is 0 Å². The molecule has 2 aromatic carbocycles. The second-order valence-corrected chi connectivity index (χ2v) is 4.85. The van der Waals surface area contributed by atoms with E-state index in [2.05, 4.69) is 30.8 Å². The zero-order valence-corrected chi connectivity index (χ0v) is 10.8. The Morgan fingerprint density at radius 1 is 1.26 bits per heavy atom. The number of ether oxygens (including phenoxy) is 1. The van der Waals surface area contributed by atoms with Crippen LogP contribution in [0.2, 0.25) is 0 Å². The minimum atomic E-state index is -0.0567. The highest BCUT2D eigenvalue weighted by atomic mass is 16.5. The predicted molar refractivity (Wildman–Crippen MR) is 76.4 cm³/mol. The van der Waals surface area contributed by atoms with E-state index >= 15 is 0 Å². The topological polar surface area (TPSA) is 13.6 Å². The van der Waals surface area contributed by atoms with E-state index in [1.54, 1.807) is 0 Å². The van der Waals surface area contributed by atoms with Gasteiger partial charge in [-0.1, -0.05) is 24.3 Å². The third-order valence-corrected chi connectivity index (χ3v) is 3.45. The monoisotopic (exact) mass is 248 g/mol. The molecule has 2 nitrogen and oxygen atoms in total. The lowest BCUT2D eigenvalue weighted by atomic mass is 9.96. The average molecular weight is 248 g/mol. The van der Waals surface area contributed by atoms with Gasteiger partial charge >= 0.3 is 0 Å². The second kappa shape index (κ2) is 4.44. The van der Waals surface area contributed by atoms with Crippen LogP contribution < -0.4 is 4.74 Å². The van der Waals surface area contributed by atoms with Gasteiger partial charge in [0.1, 0.15) is 11.9 Å². The Morgan fingerprint density at radius 2 is 2.05 bits per heavy atom. The summed E-state index contributed by atoms with van der Waals surface area (Å²) in [5.41, 5.74) is 5.07. The molecule has 1 aliphatic heterocycles. The molecule has 0 aliphatic carbocycles. The molecule has 0 saturated heterocycles. The molecule has 1 radical (unpaired) electrons. The molecule has 1 atom stereocenters. The van der Waals surface area contributed by atoms with Gasteiger partial charge in [0, 0.05) is 12.0 Å². The highest BCUT2D eigenvalue weighted by Crippen LogP contribution is 2.42. The summed E-state index contributed by atoms with van der Waals surface area (Å²) in [5.74, 6) is 0.890. The lowest BCUT2D eigenvalue weighted by Gasteiger charge is -2.12. The number of benzene rings is 2. The third-order valence-electron chi connectivity index (χ3n) is 3.45. The highest BCUT2D eigenvalue weighted by molar-refractivity contribution is 5.79. The molecule has 19 heavy (non-hydrogen) atoms. The van der Waals surface area contributed by atoms with Gasteiger partial charge in [-0.2, -0.15) is 0 Å². The Kier molecular flexibility index (Phi) is 2.76. The first-order chi connectivity index (χ1) is 9.19. The number of fused-ring (bicyclic) bond motifs is 1. The van der Waals surface area contributed by atoms with E-state index in [4.69, 9.17) is 11.3 Å². The molecule has 0 fully saturated rings. The maximum Gasteiger partial charge on any atom is 0.188 e. The molecule has 0 amide bonds. The van der Waals surface area contributed by atoms with E-state index in [0.29, 0.717) is 5.69 Å². The summed E-state index contributed by atoms with van der Waals surface area (Å²) in [7, 11) is 0. The molecular formula is C17H14NO. The van der Waals surface area contributed by atoms with Crippen molar-refractivity contribution in [3.05, 3.63) is 65.9 Å². The lowest BCUT2D eigenvalue weighted by molar-refractivity contribution is 0.282. The molecule has 1 aliphatic rings. The van der Waals surface area contributed by atoms with Gasteiger partial charge < -0.3 is 4.74 Å². The summed E-state index contributed by atoms with van der Waals surface area (Å²) in [4.78, 5) is 3.56. The number of rotatable bonds is 1. The number of nitrogens with zero attached hydrogens (tertiary/aromatic N) is 1. The minimum Gasteiger partial charge on any atom is -0.489 e. The molecular weight excluding hydrogens is 234 g/mol. The van der Waals surface area contributed by atoms with Gasteiger partial charge in [0.05, 0.1) is 6.57 Å². The molecule has 2 aromatic rings. The van der Waals surface area contributed by atoms with Crippen LogP contribution in [0, 0.1) is 20.4 Å². The molecule has 0 saturated carbocycles. The van der Waals surface area contributed by atoms with Crippen molar-refractivity contribution < 1.29 is 4.74 Å². The Balaban J connectivity index is 2.25. The summed E-state index contributed by atoms with van der Waals surface area (Å²) in [6.07, 6.45) is 0.719. The van der Waals surface area contributed by atoms with Gasteiger partial charge in [0.25, 0.3) is 0 Å². The van der Waals surface area contributed by atoms with Crippen molar-refractivity contribution in [2.24, 2.45) is 0 Å². The number of hydrogen-bond donors (Lipinski definition) is 0. The van der Waals surface area contributed by atoms with Crippen molar-refractivity contribution in [3.8, 4) is 16.9 Å². The number of aryl methyl sites for hydroxylation is 1. The van der Waals surface area contributed by atoms with Crippen molar-refractivity contribution in [1.29, 1.82) is 0 Å². The van der Waals surface area contributed by atoms with Crippen LogP contribution in [0.25, 0.3) is 16.0 Å². The fraction of sp³-hybridized carbons (Fsp3) is 0.176. The Morgan fingerprint density at radius 3 is 2.79 bits per heavy atom. The van der Waals surface area contributed by atoms with Gasteiger partial charge in [-0.3, -0.25) is 0 Å². The molecule has 1 heterocycles. The van der Waals surface area contributed by atoms with Crippen molar-refractivity contribution >= 4 is 5.69 Å². The quantitative estimate of drug-likeness (QED) is 0.684. The number of hydrogen-bond acceptors (Lipinski definition) is 1. The van der Waals surface area contributed by atoms with E-state index in [1.165, 1.54) is 5.56 Å². The standard InChI is InChI=1S/C17H14NO/c1-11-6-4-5-7-15(11)16-10-14(18-3)9-13-8-12(2)19-17(13)16/h4-7,9-10,12H,2,8H2,1H3. The molecule has 0 bridgehead atoms. The molecule has 0 N–H and O–H groups in total. The Labute approximate surface area is 113 Å². The third kappa shape index (κ3) is 1.98. The average Bonchev–Trinajstić information content (AvgIpc) is 2.78. The van der Waals surface area contributed by atoms with Crippen molar-refractivity contribution in [1.82, 2.24) is 0 Å². The fourth-order valence-corrected chi connectivity index (χ4v) is 2.56. The molecule has 0 aromatic heterocycles. The molecule has 93 valence electrons. The Bertz CT molecular complexity index is 682. The summed E-state index contributed by atoms with van der Waals surface area (Å²) in [5, 5.41) is 0. The van der Waals surface area contributed by atoms with Crippen LogP contribution >= 0.6 is 0 Å². The highest BCUT2D eigenvalue weighted by Gasteiger charge is 2.24. The van der Waals surface area contributed by atoms with Crippen LogP contribution in [-0.2, 0) is 6.42 Å². The largest absolute Gasteiger partial charge is 0.489 e. The lowest BCUT2D eigenvalue weighted by Crippen LogP contribution is -2.06. The first-order valence-corrected chi connectivity index (χ1v) is 6.29. The van der Waals surface area contributed by atoms with Crippen molar-refractivity contribution in [2.45, 2.75) is 19.4 Å². The van der Waals surface area contributed by atoms with Gasteiger partial charge in [0.15, 0.2) is 5.69 Å². The van der Waals surface area contributed by atoms with Gasteiger partial charge in [-0.15, -0.1) is 0 Å². The van der Waals surface area contributed by atoms with E-state index < -0.39 is 0 Å². The van der Waals surface area contributed by atoms with E-state index in [9.17, 15) is 0 Å². The molecule has 1 unspecified atom stereocenters. The van der Waals surface area contributed by atoms with E-state index in [-0.39, 0.29) is 6.10 Å². The molecule has 3 rings (SSSR count). The van der Waals surface area contributed by atoms with Crippen LogP contribution in [0.3, 0.4) is 0 Å². The normalized spacial score (nSPS) is 16.6. The van der Waals surface area contributed by atoms with Gasteiger partial charge in [-0.25, -0.2) is 4.85 Å². The smallest absolute Gasteiger partial charge is 0.188 e. The molecule has 2 heteroatoms. The van der Waals surface area contributed by atoms with Crippen LogP contribution in [0.4, 0.5) is 5.69 Å². The van der Waals surface area contributed by atoms with E-state index in [0.717, 1.165) is 28.9 Å². The summed E-state index contributed by atoms with van der Waals surface area (Å²) in [6.45, 7) is 13.3. The first-order valence-electron chi connectivity index (χ1n) is 6.29. The predicted octanol–water partition coefficient (Wildman–Crippen LogP) is 4.35. The van der Waals surface area contributed by atoms with Crippen LogP contribution in [0.1, 0.15) is 11.1 Å². The zero-order valence-electron chi connectivity index (χ0n) is 10.8. The minimum absolute atomic E-state index is 0.0567. The maximum atomic E-state index is 7.24. The summed E-state index contributed by atoms with van der Waals surface area (Å²) >= 11 is 0. The van der Waals surface area contributed by atoms with Gasteiger partial charge in [0.2, 0.25) is 0 Å².